The number of hydrogen-bond acceptors (Lipinski definition) is 7. The van der Waals surface area contributed by atoms with Gasteiger partial charge in [-0.05, 0) is 42.5 Å². The number of sulfonamides is 1. The fourth-order valence-electron chi connectivity index (χ4n) is 3.44. The third-order valence-electron chi connectivity index (χ3n) is 5.12. The Morgan fingerprint density at radius 2 is 1.88 bits per heavy atom. The van der Waals surface area contributed by atoms with E-state index in [9.17, 15) is 13.2 Å². The fraction of sp³-hybridized carbons (Fsp3) is 0.250. The zero-order valence-electron chi connectivity index (χ0n) is 18.6. The number of pyridine rings is 1. The summed E-state index contributed by atoms with van der Waals surface area (Å²) >= 11 is 0. The summed E-state index contributed by atoms with van der Waals surface area (Å²) in [6.07, 6.45) is 1.67. The van der Waals surface area contributed by atoms with Crippen molar-refractivity contribution in [2.24, 2.45) is 0 Å². The summed E-state index contributed by atoms with van der Waals surface area (Å²) in [6.45, 7) is 1.79. The number of methoxy groups -OCH3 is 1. The van der Waals surface area contributed by atoms with Crippen molar-refractivity contribution in [2.75, 3.05) is 38.2 Å². The van der Waals surface area contributed by atoms with Gasteiger partial charge in [-0.3, -0.25) is 14.5 Å². The van der Waals surface area contributed by atoms with Crippen molar-refractivity contribution in [3.63, 3.8) is 0 Å². The molecular weight excluding hydrogens is 458 g/mol. The Bertz CT molecular complexity index is 1250. The lowest BCUT2D eigenvalue weighted by Gasteiger charge is -2.22. The summed E-state index contributed by atoms with van der Waals surface area (Å²) in [5.41, 5.74) is 1.35. The maximum Gasteiger partial charge on any atom is 0.262 e. The number of nitrogens with zero attached hydrogens (tertiary/aromatic N) is 2. The lowest BCUT2D eigenvalue weighted by molar-refractivity contribution is 0.0678. The number of amides is 1. The summed E-state index contributed by atoms with van der Waals surface area (Å²) in [7, 11) is -2.35. The van der Waals surface area contributed by atoms with Crippen molar-refractivity contribution < 1.29 is 27.4 Å². The van der Waals surface area contributed by atoms with E-state index in [1.165, 1.54) is 18.2 Å². The van der Waals surface area contributed by atoms with Crippen LogP contribution in [-0.4, -0.2) is 57.7 Å². The first-order valence-electron chi connectivity index (χ1n) is 10.7. The minimum atomic E-state index is -3.91. The van der Waals surface area contributed by atoms with E-state index in [4.69, 9.17) is 14.2 Å². The first kappa shape index (κ1) is 23.5. The molecule has 0 fully saturated rings. The predicted octanol–water partition coefficient (Wildman–Crippen LogP) is 2.94. The molecule has 0 aliphatic carbocycles. The van der Waals surface area contributed by atoms with Crippen LogP contribution in [0, 0.1) is 0 Å². The quantitative estimate of drug-likeness (QED) is 0.499. The molecule has 1 N–H and O–H groups in total. The molecular formula is C24H25N3O6S. The van der Waals surface area contributed by atoms with Gasteiger partial charge in [-0.1, -0.05) is 12.1 Å². The Hall–Kier alpha value is -3.63. The van der Waals surface area contributed by atoms with Crippen molar-refractivity contribution in [3.05, 3.63) is 78.1 Å². The van der Waals surface area contributed by atoms with Crippen molar-refractivity contribution in [1.82, 2.24) is 9.88 Å². The van der Waals surface area contributed by atoms with Crippen LogP contribution in [0.5, 0.6) is 11.5 Å². The maximum absolute atomic E-state index is 13.2. The molecule has 1 aromatic heterocycles. The van der Waals surface area contributed by atoms with E-state index in [-0.39, 0.29) is 16.5 Å². The molecule has 9 nitrogen and oxygen atoms in total. The van der Waals surface area contributed by atoms with Crippen molar-refractivity contribution in [2.45, 2.75) is 11.4 Å². The van der Waals surface area contributed by atoms with Gasteiger partial charge in [0.1, 0.15) is 13.2 Å². The Balaban J connectivity index is 1.53. The number of ether oxygens (including phenoxy) is 3. The Morgan fingerprint density at radius 3 is 2.65 bits per heavy atom. The second kappa shape index (κ2) is 10.5. The van der Waals surface area contributed by atoms with Gasteiger partial charge in [0, 0.05) is 37.2 Å². The lowest BCUT2D eigenvalue weighted by Crippen LogP contribution is -2.33. The fourth-order valence-corrected chi connectivity index (χ4v) is 4.51. The zero-order chi connectivity index (χ0) is 24.0. The Labute approximate surface area is 198 Å². The highest BCUT2D eigenvalue weighted by Gasteiger charge is 2.21. The molecule has 1 aliphatic heterocycles. The molecule has 0 unspecified atom stereocenters. The number of rotatable bonds is 9. The van der Waals surface area contributed by atoms with E-state index in [1.807, 2.05) is 18.2 Å². The number of anilines is 1. The first-order valence-corrected chi connectivity index (χ1v) is 12.2. The minimum absolute atomic E-state index is 0.0327. The number of carbonyl (C=O) groups is 1. The van der Waals surface area contributed by atoms with Gasteiger partial charge in [-0.25, -0.2) is 8.42 Å². The summed E-state index contributed by atoms with van der Waals surface area (Å²) in [5, 5.41) is 0. The van der Waals surface area contributed by atoms with Crippen LogP contribution in [0.15, 0.2) is 71.8 Å². The Morgan fingerprint density at radius 1 is 1.06 bits per heavy atom. The molecule has 1 aliphatic rings. The number of aromatic nitrogens is 1. The smallest absolute Gasteiger partial charge is 0.262 e. The molecule has 2 heterocycles. The number of nitrogens with one attached hydrogen (secondary N) is 1. The summed E-state index contributed by atoms with van der Waals surface area (Å²) in [6, 6.07) is 16.3. The zero-order valence-corrected chi connectivity index (χ0v) is 19.5. The van der Waals surface area contributed by atoms with Crippen LogP contribution in [0.1, 0.15) is 16.1 Å². The molecule has 4 rings (SSSR count). The van der Waals surface area contributed by atoms with Crippen molar-refractivity contribution in [3.8, 4) is 11.5 Å². The van der Waals surface area contributed by atoms with Crippen molar-refractivity contribution >= 4 is 21.6 Å². The van der Waals surface area contributed by atoms with Crippen LogP contribution in [0.25, 0.3) is 0 Å². The molecule has 2 aromatic carbocycles. The van der Waals surface area contributed by atoms with Crippen LogP contribution in [0.4, 0.5) is 5.69 Å². The number of fused-ring (bicyclic) bond motifs is 1. The molecule has 3 aromatic rings. The predicted molar refractivity (Wildman–Crippen MR) is 126 cm³/mol. The monoisotopic (exact) mass is 483 g/mol. The highest BCUT2D eigenvalue weighted by Crippen LogP contribution is 2.32. The maximum atomic E-state index is 13.2. The van der Waals surface area contributed by atoms with Gasteiger partial charge in [-0.15, -0.1) is 0 Å². The van der Waals surface area contributed by atoms with Gasteiger partial charge in [0.25, 0.3) is 15.9 Å². The van der Waals surface area contributed by atoms with E-state index >= 15 is 0 Å². The van der Waals surface area contributed by atoms with E-state index < -0.39 is 10.0 Å². The lowest BCUT2D eigenvalue weighted by atomic mass is 10.1. The molecule has 10 heteroatoms. The summed E-state index contributed by atoms with van der Waals surface area (Å²) in [5.74, 6) is 0.617. The van der Waals surface area contributed by atoms with Crippen LogP contribution in [0.3, 0.4) is 0 Å². The van der Waals surface area contributed by atoms with E-state index in [0.717, 1.165) is 5.69 Å². The third-order valence-corrected chi connectivity index (χ3v) is 6.50. The number of hydrogen-bond donors (Lipinski definition) is 1. The van der Waals surface area contributed by atoms with E-state index in [1.54, 1.807) is 42.5 Å². The summed E-state index contributed by atoms with van der Waals surface area (Å²) in [4.78, 5) is 19.2. The highest BCUT2D eigenvalue weighted by atomic mass is 32.2. The molecule has 0 saturated carbocycles. The minimum Gasteiger partial charge on any atom is -0.486 e. The number of carbonyl (C=O) groups excluding carboxylic acids is 1. The van der Waals surface area contributed by atoms with Gasteiger partial charge in [0.15, 0.2) is 11.5 Å². The first-order chi connectivity index (χ1) is 16.5. The van der Waals surface area contributed by atoms with Gasteiger partial charge < -0.3 is 19.1 Å². The van der Waals surface area contributed by atoms with Crippen LogP contribution in [-0.2, 0) is 21.3 Å². The second-order valence-corrected chi connectivity index (χ2v) is 9.21. The van der Waals surface area contributed by atoms with Crippen LogP contribution in [0.2, 0.25) is 0 Å². The van der Waals surface area contributed by atoms with Gasteiger partial charge in [-0.2, -0.15) is 0 Å². The summed E-state index contributed by atoms with van der Waals surface area (Å²) < 4.78 is 44.5. The molecule has 0 radical (unpaired) electrons. The molecule has 0 saturated heterocycles. The molecule has 34 heavy (non-hydrogen) atoms. The Kier molecular flexibility index (Phi) is 7.29. The van der Waals surface area contributed by atoms with Crippen molar-refractivity contribution in [1.29, 1.82) is 0 Å². The number of benzene rings is 2. The second-order valence-electron chi connectivity index (χ2n) is 7.53. The van der Waals surface area contributed by atoms with Gasteiger partial charge >= 0.3 is 0 Å². The van der Waals surface area contributed by atoms with Crippen LogP contribution >= 0.6 is 0 Å². The topological polar surface area (TPSA) is 107 Å². The largest absolute Gasteiger partial charge is 0.486 e. The van der Waals surface area contributed by atoms with Gasteiger partial charge in [0.2, 0.25) is 0 Å². The van der Waals surface area contributed by atoms with Gasteiger partial charge in [0.05, 0.1) is 23.7 Å². The van der Waals surface area contributed by atoms with E-state index in [0.29, 0.717) is 50.0 Å². The van der Waals surface area contributed by atoms with Crippen LogP contribution < -0.4 is 14.2 Å². The third kappa shape index (κ3) is 5.64. The molecule has 178 valence electrons. The normalized spacial score (nSPS) is 12.7. The average molecular weight is 484 g/mol. The average Bonchev–Trinajstić information content (AvgIpc) is 2.86. The SMILES string of the molecule is COCCN(Cc1ccccn1)C(=O)c1cccc(NS(=O)(=O)c2ccc3c(c2)OCCO3)c1. The molecule has 1 amide bonds. The molecule has 0 bridgehead atoms. The molecule has 0 spiro atoms. The van der Waals surface area contributed by atoms with E-state index in [2.05, 4.69) is 9.71 Å². The highest BCUT2D eigenvalue weighted by molar-refractivity contribution is 7.92. The molecule has 0 atom stereocenters. The standard InChI is InChI=1S/C24H25N3O6S/c1-31-12-11-27(17-20-6-2-3-10-25-20)24(28)18-5-4-7-19(15-18)26-34(29,30)21-8-9-22-23(16-21)33-14-13-32-22/h2-10,15-16,26H,11-14,17H2,1H3.